The van der Waals surface area contributed by atoms with E-state index in [1.807, 2.05) is 103 Å². The fourth-order valence-electron chi connectivity index (χ4n) is 5.46. The van der Waals surface area contributed by atoms with E-state index in [0.29, 0.717) is 18.8 Å². The molecule has 5 rings (SSSR count). The molecule has 43 heavy (non-hydrogen) atoms. The molecule has 4 aromatic rings. The maximum Gasteiger partial charge on any atom is 0.410 e. The van der Waals surface area contributed by atoms with Gasteiger partial charge in [0.05, 0.1) is 10.2 Å². The Hall–Kier alpha value is -3.98. The van der Waals surface area contributed by atoms with Gasteiger partial charge in [0.25, 0.3) is 5.91 Å². The van der Waals surface area contributed by atoms with Crippen LogP contribution in [0.5, 0.6) is 11.5 Å². The lowest BCUT2D eigenvalue weighted by Gasteiger charge is -2.40. The number of fused-ring (bicyclic) bond motifs is 1. The van der Waals surface area contributed by atoms with Crippen LogP contribution in [0.25, 0.3) is 10.2 Å². The average Bonchev–Trinajstić information content (AvgIpc) is 3.55. The Morgan fingerprint density at radius 3 is 2.53 bits per heavy atom. The Labute approximate surface area is 257 Å². The molecule has 228 valence electrons. The van der Waals surface area contributed by atoms with E-state index in [0.717, 1.165) is 58.6 Å². The van der Waals surface area contributed by atoms with Crippen LogP contribution in [0, 0.1) is 0 Å². The maximum absolute atomic E-state index is 12.9. The van der Waals surface area contributed by atoms with Crippen LogP contribution in [-0.4, -0.2) is 45.8 Å². The van der Waals surface area contributed by atoms with Crippen molar-refractivity contribution in [3.05, 3.63) is 77.3 Å². The van der Waals surface area contributed by atoms with Crippen LogP contribution in [0.2, 0.25) is 0 Å². The van der Waals surface area contributed by atoms with Crippen LogP contribution in [-0.2, 0) is 18.4 Å². The quantitative estimate of drug-likeness (QED) is 0.210. The fourth-order valence-corrected chi connectivity index (χ4v) is 6.31. The summed E-state index contributed by atoms with van der Waals surface area (Å²) in [5.41, 5.74) is 2.84. The van der Waals surface area contributed by atoms with Gasteiger partial charge in [0.15, 0.2) is 0 Å². The van der Waals surface area contributed by atoms with E-state index < -0.39 is 5.60 Å². The number of aryl methyl sites for hydroxylation is 1. The first-order valence-electron chi connectivity index (χ1n) is 14.9. The van der Waals surface area contributed by atoms with Crippen molar-refractivity contribution in [2.24, 2.45) is 7.05 Å². The van der Waals surface area contributed by atoms with Crippen LogP contribution in [0.1, 0.15) is 69.4 Å². The summed E-state index contributed by atoms with van der Waals surface area (Å²) < 4.78 is 21.0. The number of benzene rings is 2. The standard InChI is InChI=1S/C34H41N3O5S/c1-6-8-25-20-28(15-17-37(25)33(39)42-34(2,3)4)41-27-13-11-26(12-14-27)40-22-23-9-7-10-24(19-23)35-32(38)30-21-31-29(36(30)5)16-18-43-31/h7,9-14,16,18-19,21,25,28H,6,8,15,17,20,22H2,1-5H3,(H,35,38)/t25-,28?/m1/s1. The summed E-state index contributed by atoms with van der Waals surface area (Å²) in [7, 11) is 1.91. The van der Waals surface area contributed by atoms with Crippen LogP contribution in [0.3, 0.4) is 0 Å². The van der Waals surface area contributed by atoms with Gasteiger partial charge in [-0.1, -0.05) is 25.5 Å². The molecule has 9 heteroatoms. The Kier molecular flexibility index (Phi) is 9.30. The fraction of sp³-hybridized carbons (Fsp3) is 0.412. The lowest BCUT2D eigenvalue weighted by molar-refractivity contribution is -0.00554. The van der Waals surface area contributed by atoms with Gasteiger partial charge in [0.1, 0.15) is 35.5 Å². The van der Waals surface area contributed by atoms with E-state index >= 15 is 0 Å². The van der Waals surface area contributed by atoms with Crippen molar-refractivity contribution in [1.82, 2.24) is 9.47 Å². The molecular weight excluding hydrogens is 562 g/mol. The van der Waals surface area contributed by atoms with Crippen molar-refractivity contribution in [2.45, 2.75) is 77.7 Å². The summed E-state index contributed by atoms with van der Waals surface area (Å²) >= 11 is 1.62. The average molecular weight is 604 g/mol. The number of hydrogen-bond donors (Lipinski definition) is 1. The summed E-state index contributed by atoms with van der Waals surface area (Å²) in [6, 6.07) is 19.4. The smallest absolute Gasteiger partial charge is 0.410 e. The van der Waals surface area contributed by atoms with Gasteiger partial charge in [-0.25, -0.2) is 4.79 Å². The van der Waals surface area contributed by atoms with E-state index in [2.05, 4.69) is 12.2 Å². The summed E-state index contributed by atoms with van der Waals surface area (Å²) in [4.78, 5) is 27.5. The van der Waals surface area contributed by atoms with E-state index in [1.165, 1.54) is 0 Å². The van der Waals surface area contributed by atoms with Crippen molar-refractivity contribution >= 4 is 39.2 Å². The third kappa shape index (κ3) is 7.70. The minimum absolute atomic E-state index is 0.0340. The minimum atomic E-state index is -0.510. The number of rotatable bonds is 9. The minimum Gasteiger partial charge on any atom is -0.490 e. The molecule has 0 aliphatic carbocycles. The van der Waals surface area contributed by atoms with Crippen molar-refractivity contribution in [3.63, 3.8) is 0 Å². The number of piperidine rings is 1. The number of nitrogens with one attached hydrogen (secondary N) is 1. The highest BCUT2D eigenvalue weighted by Crippen LogP contribution is 2.29. The molecule has 1 fully saturated rings. The number of carbonyl (C=O) groups excluding carboxylic acids is 2. The highest BCUT2D eigenvalue weighted by Gasteiger charge is 2.34. The zero-order valence-electron chi connectivity index (χ0n) is 25.6. The van der Waals surface area contributed by atoms with Gasteiger partial charge >= 0.3 is 6.09 Å². The van der Waals surface area contributed by atoms with Gasteiger partial charge in [0.2, 0.25) is 0 Å². The second-order valence-electron chi connectivity index (χ2n) is 12.1. The highest BCUT2D eigenvalue weighted by atomic mass is 32.1. The summed E-state index contributed by atoms with van der Waals surface area (Å²) in [5, 5.41) is 5.03. The summed E-state index contributed by atoms with van der Waals surface area (Å²) in [6.07, 6.45) is 3.24. The number of likely N-dealkylation sites (tertiary alicyclic amines) is 1. The number of carbonyl (C=O) groups is 2. The van der Waals surface area contributed by atoms with Crippen molar-refractivity contribution in [2.75, 3.05) is 11.9 Å². The third-order valence-corrected chi connectivity index (χ3v) is 8.38. The van der Waals surface area contributed by atoms with Crippen LogP contribution < -0.4 is 14.8 Å². The molecule has 2 aromatic heterocycles. The molecule has 0 bridgehead atoms. The molecular formula is C34H41N3O5S. The van der Waals surface area contributed by atoms with Gasteiger partial charge in [-0.2, -0.15) is 0 Å². The molecule has 0 saturated carbocycles. The van der Waals surface area contributed by atoms with Crippen molar-refractivity contribution < 1.29 is 23.8 Å². The van der Waals surface area contributed by atoms with Crippen LogP contribution in [0.15, 0.2) is 66.0 Å². The molecule has 2 aromatic carbocycles. The van der Waals surface area contributed by atoms with Crippen LogP contribution >= 0.6 is 11.3 Å². The summed E-state index contributed by atoms with van der Waals surface area (Å²) in [5.74, 6) is 1.37. The first-order chi connectivity index (χ1) is 20.6. The number of hydrogen-bond acceptors (Lipinski definition) is 6. The third-order valence-electron chi connectivity index (χ3n) is 7.53. The second kappa shape index (κ2) is 13.1. The zero-order chi connectivity index (χ0) is 30.6. The predicted molar refractivity (Wildman–Crippen MR) is 171 cm³/mol. The van der Waals surface area contributed by atoms with Gasteiger partial charge in [-0.05, 0) is 86.7 Å². The van der Waals surface area contributed by atoms with Crippen molar-refractivity contribution in [1.29, 1.82) is 0 Å². The Balaban J connectivity index is 1.13. The zero-order valence-corrected chi connectivity index (χ0v) is 26.4. The molecule has 0 radical (unpaired) electrons. The number of ether oxygens (including phenoxy) is 3. The number of thiophene rings is 1. The first kappa shape index (κ1) is 30.5. The van der Waals surface area contributed by atoms with Crippen molar-refractivity contribution in [3.8, 4) is 11.5 Å². The topological polar surface area (TPSA) is 82.0 Å². The largest absolute Gasteiger partial charge is 0.490 e. The molecule has 1 N–H and O–H groups in total. The SMILES string of the molecule is CCC[C@@H]1CC(Oc2ccc(OCc3cccc(NC(=O)c4cc5sccc5n4C)c3)cc2)CCN1C(=O)OC(C)(C)C. The Morgan fingerprint density at radius 2 is 1.81 bits per heavy atom. The number of anilines is 1. The molecule has 0 spiro atoms. The second-order valence-corrected chi connectivity index (χ2v) is 13.0. The Bertz CT molecular complexity index is 1550. The van der Waals surface area contributed by atoms with Gasteiger partial charge in [-0.3, -0.25) is 4.79 Å². The summed E-state index contributed by atoms with van der Waals surface area (Å²) in [6.45, 7) is 8.81. The molecule has 2 amide bonds. The molecule has 3 heterocycles. The van der Waals surface area contributed by atoms with E-state index in [1.54, 1.807) is 11.3 Å². The lowest BCUT2D eigenvalue weighted by atomic mass is 9.96. The van der Waals surface area contributed by atoms with Gasteiger partial charge < -0.3 is 29.0 Å². The van der Waals surface area contributed by atoms with E-state index in [-0.39, 0.29) is 24.1 Å². The van der Waals surface area contributed by atoms with Gasteiger partial charge in [-0.15, -0.1) is 11.3 Å². The molecule has 8 nitrogen and oxygen atoms in total. The molecule has 1 aliphatic heterocycles. The van der Waals surface area contributed by atoms with Gasteiger partial charge in [0, 0.05) is 38.2 Å². The van der Waals surface area contributed by atoms with Crippen LogP contribution in [0.4, 0.5) is 10.5 Å². The number of nitrogens with zero attached hydrogens (tertiary/aromatic N) is 2. The molecule has 1 aliphatic rings. The Morgan fingerprint density at radius 1 is 1.05 bits per heavy atom. The number of amides is 2. The normalized spacial score (nSPS) is 17.1. The van der Waals surface area contributed by atoms with E-state index in [9.17, 15) is 9.59 Å². The monoisotopic (exact) mass is 603 g/mol. The molecule has 2 atom stereocenters. The molecule has 1 saturated heterocycles. The first-order valence-corrected chi connectivity index (χ1v) is 15.8. The lowest BCUT2D eigenvalue weighted by Crippen LogP contribution is -2.50. The predicted octanol–water partition coefficient (Wildman–Crippen LogP) is 8.02. The maximum atomic E-state index is 12.9. The number of aromatic nitrogens is 1. The molecule has 1 unspecified atom stereocenters. The highest BCUT2D eigenvalue weighted by molar-refractivity contribution is 7.17. The van der Waals surface area contributed by atoms with E-state index in [4.69, 9.17) is 14.2 Å².